The van der Waals surface area contributed by atoms with Gasteiger partial charge in [-0.05, 0) is 50.6 Å². The molecule has 31 heavy (non-hydrogen) atoms. The number of aryl methyl sites for hydroxylation is 2. The average molecular weight is 412 g/mol. The van der Waals surface area contributed by atoms with Gasteiger partial charge in [0.1, 0.15) is 5.41 Å². The van der Waals surface area contributed by atoms with Gasteiger partial charge in [0, 0.05) is 0 Å². The third-order valence-corrected chi connectivity index (χ3v) is 6.37. The Balaban J connectivity index is 1.63. The first-order valence-corrected chi connectivity index (χ1v) is 10.4. The van der Waals surface area contributed by atoms with E-state index < -0.39 is 17.6 Å². The molecule has 0 bridgehead atoms. The molecule has 2 amide bonds. The lowest BCUT2D eigenvalue weighted by atomic mass is 9.76. The minimum Gasteiger partial charge on any atom is -0.273 e. The summed E-state index contributed by atoms with van der Waals surface area (Å²) < 4.78 is 0. The molecular formula is C26H24N2O3. The lowest BCUT2D eigenvalue weighted by Gasteiger charge is -2.32. The number of rotatable bonds is 3. The smallest absolute Gasteiger partial charge is 0.266 e. The van der Waals surface area contributed by atoms with Crippen LogP contribution >= 0.6 is 0 Å². The number of imide groups is 1. The number of carbonyl (C=O) groups is 2. The molecule has 5 heteroatoms. The van der Waals surface area contributed by atoms with Crippen molar-refractivity contribution in [3.8, 4) is 0 Å². The molecule has 5 nitrogen and oxygen atoms in total. The maximum atomic E-state index is 13.8. The Morgan fingerprint density at radius 3 is 1.97 bits per heavy atom. The van der Waals surface area contributed by atoms with Crippen LogP contribution < -0.4 is 9.96 Å². The molecule has 0 spiro atoms. The van der Waals surface area contributed by atoms with Gasteiger partial charge in [-0.1, -0.05) is 65.7 Å². The highest BCUT2D eigenvalue weighted by Crippen LogP contribution is 2.55. The Labute approximate surface area is 181 Å². The number of carbonyl (C=O) groups excluding carboxylic acids is 2. The van der Waals surface area contributed by atoms with Gasteiger partial charge in [-0.3, -0.25) is 14.4 Å². The molecule has 3 aromatic rings. The predicted octanol–water partition coefficient (Wildman–Crippen LogP) is 4.74. The molecule has 5 rings (SSSR count). The lowest BCUT2D eigenvalue weighted by Crippen LogP contribution is -2.41. The van der Waals surface area contributed by atoms with Gasteiger partial charge in [0.2, 0.25) is 5.91 Å². The molecule has 2 aliphatic rings. The van der Waals surface area contributed by atoms with Crippen molar-refractivity contribution in [2.75, 3.05) is 9.96 Å². The van der Waals surface area contributed by atoms with Crippen LogP contribution in [0.1, 0.15) is 29.7 Å². The number of amides is 2. The van der Waals surface area contributed by atoms with Gasteiger partial charge in [-0.2, -0.15) is 0 Å². The first-order chi connectivity index (χ1) is 14.9. The predicted molar refractivity (Wildman–Crippen MR) is 119 cm³/mol. The summed E-state index contributed by atoms with van der Waals surface area (Å²) in [6, 6.07) is 24.7. The highest BCUT2D eigenvalue weighted by molar-refractivity contribution is 6.25. The molecule has 3 atom stereocenters. The number of para-hydroxylation sites is 1. The number of nitrogens with zero attached hydrogens (tertiary/aromatic N) is 2. The van der Waals surface area contributed by atoms with E-state index in [2.05, 4.69) is 0 Å². The van der Waals surface area contributed by atoms with Gasteiger partial charge in [-0.25, -0.2) is 9.96 Å². The molecule has 0 aromatic heterocycles. The molecule has 156 valence electrons. The van der Waals surface area contributed by atoms with E-state index in [0.29, 0.717) is 5.69 Å². The van der Waals surface area contributed by atoms with Crippen molar-refractivity contribution >= 4 is 23.2 Å². The van der Waals surface area contributed by atoms with Crippen molar-refractivity contribution in [2.45, 2.75) is 32.9 Å². The first-order valence-electron chi connectivity index (χ1n) is 10.4. The molecule has 2 aliphatic heterocycles. The molecule has 2 heterocycles. The van der Waals surface area contributed by atoms with E-state index in [0.717, 1.165) is 22.4 Å². The number of benzene rings is 3. The van der Waals surface area contributed by atoms with Gasteiger partial charge in [0.15, 0.2) is 6.10 Å². The minimum atomic E-state index is -1.06. The van der Waals surface area contributed by atoms with Crippen molar-refractivity contribution in [1.29, 1.82) is 0 Å². The number of anilines is 2. The average Bonchev–Trinajstić information content (AvgIpc) is 3.19. The second kappa shape index (κ2) is 7.06. The van der Waals surface area contributed by atoms with Gasteiger partial charge >= 0.3 is 0 Å². The number of hydrogen-bond acceptors (Lipinski definition) is 4. The summed E-state index contributed by atoms with van der Waals surface area (Å²) in [4.78, 5) is 34.8. The van der Waals surface area contributed by atoms with Crippen LogP contribution in [-0.2, 0) is 14.4 Å². The van der Waals surface area contributed by atoms with Crippen LogP contribution in [0.3, 0.4) is 0 Å². The van der Waals surface area contributed by atoms with Crippen LogP contribution in [0, 0.1) is 19.3 Å². The fraction of sp³-hybridized carbons (Fsp3) is 0.231. The second-order valence-electron chi connectivity index (χ2n) is 8.56. The second-order valence-corrected chi connectivity index (χ2v) is 8.56. The van der Waals surface area contributed by atoms with E-state index in [1.807, 2.05) is 99.6 Å². The maximum absolute atomic E-state index is 13.8. The number of fused-ring (bicyclic) bond motifs is 1. The van der Waals surface area contributed by atoms with E-state index in [-0.39, 0.29) is 11.8 Å². The van der Waals surface area contributed by atoms with E-state index in [1.54, 1.807) is 5.06 Å². The SMILES string of the molecule is Cc1ccc(C2N(c3ccccc3)OC3C(=O)N(c4ccc(C)cc4)C(=O)C32C)cc1. The summed E-state index contributed by atoms with van der Waals surface area (Å²) >= 11 is 0. The van der Waals surface area contributed by atoms with Crippen LogP contribution in [0.25, 0.3) is 0 Å². The van der Waals surface area contributed by atoms with Crippen LogP contribution in [0.15, 0.2) is 78.9 Å². The third-order valence-electron chi connectivity index (χ3n) is 6.37. The standard InChI is InChI=1S/C26H24N2O3/c1-17-9-13-19(14-10-17)22-26(3)23(31-28(22)21-7-5-4-6-8-21)24(29)27(25(26)30)20-15-11-18(2)12-16-20/h4-16,22-23H,1-3H3. The highest BCUT2D eigenvalue weighted by Gasteiger charge is 2.68. The Bertz CT molecular complexity index is 1140. The molecule has 2 fully saturated rings. The fourth-order valence-corrected chi connectivity index (χ4v) is 4.61. The van der Waals surface area contributed by atoms with Gasteiger partial charge in [0.25, 0.3) is 5.91 Å². The van der Waals surface area contributed by atoms with Gasteiger partial charge < -0.3 is 0 Å². The molecule has 2 saturated heterocycles. The quantitative estimate of drug-likeness (QED) is 0.583. The lowest BCUT2D eigenvalue weighted by molar-refractivity contribution is -0.128. The Hall–Kier alpha value is -3.44. The maximum Gasteiger partial charge on any atom is 0.266 e. The van der Waals surface area contributed by atoms with Crippen LogP contribution in [0.2, 0.25) is 0 Å². The normalized spacial score (nSPS) is 25.3. The zero-order chi connectivity index (χ0) is 21.8. The largest absolute Gasteiger partial charge is 0.273 e. The van der Waals surface area contributed by atoms with E-state index in [1.165, 1.54) is 4.90 Å². The molecule has 3 unspecified atom stereocenters. The molecule has 0 aliphatic carbocycles. The molecule has 0 N–H and O–H groups in total. The summed E-state index contributed by atoms with van der Waals surface area (Å²) in [7, 11) is 0. The molecule has 0 radical (unpaired) electrons. The first kappa shape index (κ1) is 19.5. The molecule has 0 saturated carbocycles. The topological polar surface area (TPSA) is 49.9 Å². The van der Waals surface area contributed by atoms with Crippen LogP contribution in [0.5, 0.6) is 0 Å². The third kappa shape index (κ3) is 2.88. The van der Waals surface area contributed by atoms with Crippen LogP contribution in [-0.4, -0.2) is 17.9 Å². The molecular weight excluding hydrogens is 388 g/mol. The summed E-state index contributed by atoms with van der Waals surface area (Å²) in [5, 5.41) is 1.73. The monoisotopic (exact) mass is 412 g/mol. The Kier molecular flexibility index (Phi) is 4.45. The van der Waals surface area contributed by atoms with Crippen molar-refractivity contribution in [3.63, 3.8) is 0 Å². The van der Waals surface area contributed by atoms with E-state index in [9.17, 15) is 9.59 Å². The van der Waals surface area contributed by atoms with Gasteiger partial charge in [-0.15, -0.1) is 0 Å². The number of hydroxylamine groups is 1. The van der Waals surface area contributed by atoms with Crippen LogP contribution in [0.4, 0.5) is 11.4 Å². The van der Waals surface area contributed by atoms with Crippen molar-refractivity contribution in [1.82, 2.24) is 0 Å². The zero-order valence-corrected chi connectivity index (χ0v) is 17.8. The van der Waals surface area contributed by atoms with Crippen molar-refractivity contribution < 1.29 is 14.4 Å². The van der Waals surface area contributed by atoms with E-state index in [4.69, 9.17) is 4.84 Å². The summed E-state index contributed by atoms with van der Waals surface area (Å²) in [6.45, 7) is 5.85. The summed E-state index contributed by atoms with van der Waals surface area (Å²) in [5.74, 6) is -0.567. The Morgan fingerprint density at radius 1 is 0.774 bits per heavy atom. The van der Waals surface area contributed by atoms with E-state index >= 15 is 0 Å². The zero-order valence-electron chi connectivity index (χ0n) is 17.8. The minimum absolute atomic E-state index is 0.240. The van der Waals surface area contributed by atoms with Crippen molar-refractivity contribution in [3.05, 3.63) is 95.6 Å². The fourth-order valence-electron chi connectivity index (χ4n) is 4.61. The molecule has 3 aromatic carbocycles. The van der Waals surface area contributed by atoms with Gasteiger partial charge in [0.05, 0.1) is 17.4 Å². The summed E-state index contributed by atoms with van der Waals surface area (Å²) in [6.07, 6.45) is -0.896. The summed E-state index contributed by atoms with van der Waals surface area (Å²) in [5.41, 5.74) is 3.46. The highest BCUT2D eigenvalue weighted by atomic mass is 16.7. The van der Waals surface area contributed by atoms with Crippen molar-refractivity contribution in [2.24, 2.45) is 5.41 Å². The Morgan fingerprint density at radius 2 is 1.35 bits per heavy atom. The number of hydrogen-bond donors (Lipinski definition) is 0.